The summed E-state index contributed by atoms with van der Waals surface area (Å²) in [6.45, 7) is 1.55. The lowest BCUT2D eigenvalue weighted by Crippen LogP contribution is -2.36. The van der Waals surface area contributed by atoms with E-state index in [0.717, 1.165) is 24.8 Å². The highest BCUT2D eigenvalue weighted by molar-refractivity contribution is 6.22. The number of hydrogen-bond donors (Lipinski definition) is 1. The molecule has 4 heterocycles. The summed E-state index contributed by atoms with van der Waals surface area (Å²) in [5.74, 6) is -0.710. The molecule has 0 spiro atoms. The topological polar surface area (TPSA) is 106 Å². The van der Waals surface area contributed by atoms with Gasteiger partial charge in [0.2, 0.25) is 0 Å². The summed E-state index contributed by atoms with van der Waals surface area (Å²) < 4.78 is 7.32. The fourth-order valence-corrected chi connectivity index (χ4v) is 4.12. The third-order valence-corrected chi connectivity index (χ3v) is 5.90. The van der Waals surface area contributed by atoms with E-state index >= 15 is 0 Å². The Bertz CT molecular complexity index is 1200. The summed E-state index contributed by atoms with van der Waals surface area (Å²) in [4.78, 5) is 43.5. The van der Waals surface area contributed by atoms with Gasteiger partial charge in [-0.1, -0.05) is 0 Å². The number of fused-ring (bicyclic) bond motifs is 1. The average Bonchev–Trinajstić information content (AvgIpc) is 3.57. The number of carbonyl (C=O) groups excluding carboxylic acids is 3. The Labute approximate surface area is 190 Å². The molecule has 3 amide bonds. The van der Waals surface area contributed by atoms with Gasteiger partial charge in [-0.15, -0.1) is 0 Å². The zero-order valence-electron chi connectivity index (χ0n) is 17.9. The fourth-order valence-electron chi connectivity index (χ4n) is 4.12. The molecule has 1 fully saturated rings. The van der Waals surface area contributed by atoms with Crippen molar-refractivity contribution in [2.75, 3.05) is 18.5 Å². The van der Waals surface area contributed by atoms with Crippen molar-refractivity contribution in [2.45, 2.75) is 31.9 Å². The van der Waals surface area contributed by atoms with Crippen LogP contribution in [-0.2, 0) is 17.7 Å². The first-order valence-electron chi connectivity index (χ1n) is 10.9. The van der Waals surface area contributed by atoms with Crippen LogP contribution in [0.4, 0.5) is 5.82 Å². The third-order valence-electron chi connectivity index (χ3n) is 5.90. The van der Waals surface area contributed by atoms with Crippen LogP contribution in [0.25, 0.3) is 0 Å². The maximum Gasteiger partial charge on any atom is 0.261 e. The highest BCUT2D eigenvalue weighted by Crippen LogP contribution is 2.26. The number of ether oxygens (including phenoxy) is 1. The zero-order valence-corrected chi connectivity index (χ0v) is 17.9. The smallest absolute Gasteiger partial charge is 0.261 e. The maximum absolute atomic E-state index is 12.8. The summed E-state index contributed by atoms with van der Waals surface area (Å²) in [5, 5.41) is 7.14. The molecule has 9 nitrogen and oxygen atoms in total. The van der Waals surface area contributed by atoms with Crippen LogP contribution in [0.2, 0.25) is 0 Å². The second-order valence-electron chi connectivity index (χ2n) is 8.14. The van der Waals surface area contributed by atoms with Crippen molar-refractivity contribution in [2.24, 2.45) is 0 Å². The van der Waals surface area contributed by atoms with Crippen molar-refractivity contribution in [3.63, 3.8) is 0 Å². The van der Waals surface area contributed by atoms with Gasteiger partial charge >= 0.3 is 0 Å². The second kappa shape index (κ2) is 8.95. The Balaban J connectivity index is 1.23. The van der Waals surface area contributed by atoms with E-state index in [4.69, 9.17) is 4.74 Å². The third kappa shape index (κ3) is 4.40. The lowest BCUT2D eigenvalue weighted by Gasteiger charge is -2.17. The van der Waals surface area contributed by atoms with Crippen LogP contribution in [0.1, 0.15) is 49.5 Å². The molecule has 0 radical (unpaired) electrons. The van der Waals surface area contributed by atoms with Crippen molar-refractivity contribution in [1.82, 2.24) is 19.7 Å². The number of aromatic nitrogens is 3. The molecule has 2 aliphatic rings. The number of imide groups is 1. The Morgan fingerprint density at radius 1 is 1.09 bits per heavy atom. The van der Waals surface area contributed by atoms with E-state index in [1.807, 2.05) is 12.1 Å². The Morgan fingerprint density at radius 3 is 2.70 bits per heavy atom. The molecule has 33 heavy (non-hydrogen) atoms. The molecule has 1 N–H and O–H groups in total. The zero-order chi connectivity index (χ0) is 22.8. The number of hydrogen-bond acceptors (Lipinski definition) is 6. The number of amides is 3. The first-order valence-corrected chi connectivity index (χ1v) is 10.9. The van der Waals surface area contributed by atoms with Gasteiger partial charge in [0.05, 0.1) is 23.8 Å². The molecule has 9 heteroatoms. The minimum atomic E-state index is -0.394. The van der Waals surface area contributed by atoms with Crippen LogP contribution in [-0.4, -0.2) is 56.6 Å². The Kier molecular flexibility index (Phi) is 5.70. The number of aryl methyl sites for hydroxylation is 2. The van der Waals surface area contributed by atoms with E-state index in [1.54, 1.807) is 35.4 Å². The molecule has 5 rings (SSSR count). The molecule has 1 aromatic carbocycles. The van der Waals surface area contributed by atoms with Crippen molar-refractivity contribution in [1.29, 1.82) is 0 Å². The lowest BCUT2D eigenvalue weighted by molar-refractivity contribution is 0.0475. The molecule has 1 atom stereocenters. The number of nitrogens with zero attached hydrogens (tertiary/aromatic N) is 4. The van der Waals surface area contributed by atoms with Crippen molar-refractivity contribution < 1.29 is 19.1 Å². The van der Waals surface area contributed by atoms with Crippen molar-refractivity contribution >= 4 is 23.5 Å². The van der Waals surface area contributed by atoms with E-state index in [0.29, 0.717) is 30.1 Å². The summed E-state index contributed by atoms with van der Waals surface area (Å²) in [7, 11) is 0. The molecule has 3 aromatic rings. The van der Waals surface area contributed by atoms with Gasteiger partial charge < -0.3 is 10.1 Å². The normalized spacial score (nSPS) is 17.5. The quantitative estimate of drug-likeness (QED) is 0.560. The highest BCUT2D eigenvalue weighted by Gasteiger charge is 2.38. The van der Waals surface area contributed by atoms with Gasteiger partial charge in [-0.05, 0) is 55.2 Å². The monoisotopic (exact) mass is 445 g/mol. The van der Waals surface area contributed by atoms with Crippen LogP contribution in [0.3, 0.4) is 0 Å². The molecule has 1 unspecified atom stereocenters. The number of benzene rings is 1. The minimum absolute atomic E-state index is 0.122. The van der Waals surface area contributed by atoms with Gasteiger partial charge in [-0.2, -0.15) is 5.10 Å². The van der Waals surface area contributed by atoms with E-state index < -0.39 is 5.91 Å². The van der Waals surface area contributed by atoms with Gasteiger partial charge in [0.25, 0.3) is 17.7 Å². The Morgan fingerprint density at radius 2 is 1.91 bits per heavy atom. The molecular weight excluding hydrogens is 422 g/mol. The molecule has 1 saturated heterocycles. The van der Waals surface area contributed by atoms with Crippen LogP contribution in [0, 0.1) is 0 Å². The van der Waals surface area contributed by atoms with Gasteiger partial charge in [0.1, 0.15) is 0 Å². The summed E-state index contributed by atoms with van der Waals surface area (Å²) in [6.07, 6.45) is 7.73. The number of rotatable bonds is 7. The summed E-state index contributed by atoms with van der Waals surface area (Å²) in [6, 6.07) is 10.2. The summed E-state index contributed by atoms with van der Waals surface area (Å²) >= 11 is 0. The molecule has 2 aliphatic heterocycles. The van der Waals surface area contributed by atoms with Crippen LogP contribution < -0.4 is 5.32 Å². The molecule has 168 valence electrons. The first kappa shape index (κ1) is 21.0. The van der Waals surface area contributed by atoms with Crippen LogP contribution >= 0.6 is 0 Å². The predicted molar refractivity (Wildman–Crippen MR) is 119 cm³/mol. The van der Waals surface area contributed by atoms with Crippen molar-refractivity contribution in [3.05, 3.63) is 77.2 Å². The van der Waals surface area contributed by atoms with E-state index in [-0.39, 0.29) is 30.0 Å². The fraction of sp³-hybridized carbons (Fsp3) is 0.292. The second-order valence-corrected chi connectivity index (χ2v) is 8.14. The standard InChI is InChI=1S/C24H23N5O4/c30-22(26-21-8-12-28(27-21)11-7-16-5-9-25-10-6-16)17-3-4-19-20(14-17)24(32)29(23(19)31)15-18-2-1-13-33-18/h3-6,8-10,12,14,18H,1-2,7,11,13,15H2,(H,26,27,30). The minimum Gasteiger partial charge on any atom is -0.376 e. The van der Waals surface area contributed by atoms with E-state index in [2.05, 4.69) is 15.4 Å². The first-order chi connectivity index (χ1) is 16.1. The van der Waals surface area contributed by atoms with E-state index in [9.17, 15) is 14.4 Å². The lowest BCUT2D eigenvalue weighted by atomic mass is 10.1. The molecule has 2 aromatic heterocycles. The predicted octanol–water partition coefficient (Wildman–Crippen LogP) is 2.55. The van der Waals surface area contributed by atoms with E-state index in [1.165, 1.54) is 17.0 Å². The average molecular weight is 445 g/mol. The van der Waals surface area contributed by atoms with Gasteiger partial charge in [-0.3, -0.25) is 28.9 Å². The largest absolute Gasteiger partial charge is 0.376 e. The van der Waals surface area contributed by atoms with Crippen LogP contribution in [0.5, 0.6) is 0 Å². The van der Waals surface area contributed by atoms with Gasteiger partial charge in [0, 0.05) is 43.4 Å². The Hall–Kier alpha value is -3.85. The number of nitrogens with one attached hydrogen (secondary N) is 1. The van der Waals surface area contributed by atoms with Crippen LogP contribution in [0.15, 0.2) is 55.0 Å². The molecular formula is C24H23N5O4. The molecule has 0 bridgehead atoms. The highest BCUT2D eigenvalue weighted by atomic mass is 16.5. The maximum atomic E-state index is 12.8. The molecule has 0 saturated carbocycles. The SMILES string of the molecule is O=C(Nc1ccn(CCc2ccncc2)n1)c1ccc2c(c1)C(=O)N(CC1CCCO1)C2=O. The van der Waals surface area contributed by atoms with Gasteiger partial charge in [-0.25, -0.2) is 0 Å². The number of pyridine rings is 1. The molecule has 0 aliphatic carbocycles. The van der Waals surface area contributed by atoms with Crippen molar-refractivity contribution in [3.8, 4) is 0 Å². The number of anilines is 1. The van der Waals surface area contributed by atoms with Gasteiger partial charge in [0.15, 0.2) is 5.82 Å². The number of carbonyl (C=O) groups is 3. The summed E-state index contributed by atoms with van der Waals surface area (Å²) in [5.41, 5.74) is 2.00.